The van der Waals surface area contributed by atoms with Gasteiger partial charge in [-0.3, -0.25) is 14.4 Å². The van der Waals surface area contributed by atoms with E-state index >= 15 is 4.39 Å². The van der Waals surface area contributed by atoms with Crippen molar-refractivity contribution in [3.8, 4) is 0 Å². The minimum Gasteiger partial charge on any atom is -0.477 e. The Morgan fingerprint density at radius 1 is 1.34 bits per heavy atom. The molecule has 1 saturated carbocycles. The van der Waals surface area contributed by atoms with Crippen molar-refractivity contribution in [1.82, 2.24) is 4.57 Å². The number of aldehydes is 1. The fourth-order valence-corrected chi connectivity index (χ4v) is 4.28. The molecule has 10 heteroatoms. The Hall–Kier alpha value is -3.27. The SMILES string of the molecule is CCc1c(C(=O)O)c(=O)c2cc(F)c(N[C@H](CO)CCC(=O)OC(C)(C)C)c(C=O)c2n1C1CC1. The zero-order chi connectivity index (χ0) is 26.1. The molecule has 1 aliphatic rings. The van der Waals surface area contributed by atoms with E-state index < -0.39 is 47.0 Å². The highest BCUT2D eigenvalue weighted by molar-refractivity contribution is 6.04. The van der Waals surface area contributed by atoms with Crippen molar-refractivity contribution in [1.29, 1.82) is 0 Å². The Morgan fingerprint density at radius 3 is 2.49 bits per heavy atom. The molecule has 1 heterocycles. The fraction of sp³-hybridized carbons (Fsp3) is 0.520. The minimum absolute atomic E-state index is 0.0458. The Balaban J connectivity index is 2.11. The summed E-state index contributed by atoms with van der Waals surface area (Å²) in [6.07, 6.45) is 2.19. The average molecular weight is 491 g/mol. The molecule has 1 atom stereocenters. The predicted molar refractivity (Wildman–Crippen MR) is 128 cm³/mol. The summed E-state index contributed by atoms with van der Waals surface area (Å²) in [5, 5.41) is 22.1. The monoisotopic (exact) mass is 490 g/mol. The first-order chi connectivity index (χ1) is 16.4. The van der Waals surface area contributed by atoms with Gasteiger partial charge in [0.1, 0.15) is 17.0 Å². The van der Waals surface area contributed by atoms with Gasteiger partial charge >= 0.3 is 11.9 Å². The molecule has 3 rings (SSSR count). The van der Waals surface area contributed by atoms with Crippen LogP contribution in [0.4, 0.5) is 10.1 Å². The van der Waals surface area contributed by atoms with Gasteiger partial charge in [-0.05, 0) is 52.5 Å². The standard InChI is InChI=1S/C25H31FN2O7/c1-5-18-20(24(33)34)23(32)15-10-17(26)21(16(12-30)22(15)28(18)14-7-8-14)27-13(11-29)6-9-19(31)35-25(2,3)4/h10,12-14,27,29H,5-9,11H2,1-4H3,(H,33,34)/t13-/m0/s1. The first-order valence-electron chi connectivity index (χ1n) is 11.6. The maximum absolute atomic E-state index is 15.2. The molecule has 1 aromatic heterocycles. The van der Waals surface area contributed by atoms with Crippen LogP contribution in [0.3, 0.4) is 0 Å². The van der Waals surface area contributed by atoms with Crippen LogP contribution in [0, 0.1) is 5.82 Å². The van der Waals surface area contributed by atoms with Crippen LogP contribution in [0.5, 0.6) is 0 Å². The summed E-state index contributed by atoms with van der Waals surface area (Å²) in [7, 11) is 0. The van der Waals surface area contributed by atoms with Gasteiger partial charge in [-0.25, -0.2) is 9.18 Å². The van der Waals surface area contributed by atoms with Crippen molar-refractivity contribution in [2.45, 2.75) is 77.5 Å². The molecule has 0 unspecified atom stereocenters. The third kappa shape index (κ3) is 5.53. The number of carbonyl (C=O) groups excluding carboxylic acids is 2. The smallest absolute Gasteiger partial charge is 0.341 e. The number of carboxylic acid groups (broad SMARTS) is 1. The first-order valence-corrected chi connectivity index (χ1v) is 11.6. The number of aliphatic hydroxyl groups is 1. The molecule has 35 heavy (non-hydrogen) atoms. The number of nitrogens with zero attached hydrogens (tertiary/aromatic N) is 1. The van der Waals surface area contributed by atoms with E-state index in [9.17, 15) is 29.4 Å². The number of pyridine rings is 1. The van der Waals surface area contributed by atoms with Gasteiger partial charge in [-0.2, -0.15) is 0 Å². The number of hydrogen-bond donors (Lipinski definition) is 3. The highest BCUT2D eigenvalue weighted by Gasteiger charge is 2.33. The van der Waals surface area contributed by atoms with Crippen molar-refractivity contribution in [2.24, 2.45) is 0 Å². The molecular formula is C25H31FN2O7. The fourth-order valence-electron chi connectivity index (χ4n) is 4.28. The number of halogens is 1. The van der Waals surface area contributed by atoms with E-state index in [1.54, 1.807) is 32.3 Å². The van der Waals surface area contributed by atoms with E-state index in [2.05, 4.69) is 5.32 Å². The summed E-state index contributed by atoms with van der Waals surface area (Å²) in [4.78, 5) is 49.3. The lowest BCUT2D eigenvalue weighted by atomic mass is 10.00. The maximum Gasteiger partial charge on any atom is 0.341 e. The number of nitrogens with one attached hydrogen (secondary N) is 1. The quantitative estimate of drug-likeness (QED) is 0.341. The molecule has 9 nitrogen and oxygen atoms in total. The lowest BCUT2D eigenvalue weighted by Crippen LogP contribution is -2.29. The Labute approximate surface area is 201 Å². The number of benzene rings is 1. The van der Waals surface area contributed by atoms with Gasteiger partial charge in [-0.1, -0.05) is 6.92 Å². The van der Waals surface area contributed by atoms with Crippen LogP contribution in [0.15, 0.2) is 10.9 Å². The van der Waals surface area contributed by atoms with E-state index in [-0.39, 0.29) is 53.2 Å². The van der Waals surface area contributed by atoms with Gasteiger partial charge in [-0.15, -0.1) is 0 Å². The van der Waals surface area contributed by atoms with E-state index in [4.69, 9.17) is 4.74 Å². The lowest BCUT2D eigenvalue weighted by Gasteiger charge is -2.24. The van der Waals surface area contributed by atoms with E-state index in [0.717, 1.165) is 18.9 Å². The van der Waals surface area contributed by atoms with Gasteiger partial charge in [0.15, 0.2) is 6.29 Å². The number of esters is 1. The predicted octanol–water partition coefficient (Wildman–Crippen LogP) is 3.44. The molecular weight excluding hydrogens is 459 g/mol. The summed E-state index contributed by atoms with van der Waals surface area (Å²) in [5.74, 6) is -2.82. The van der Waals surface area contributed by atoms with Crippen molar-refractivity contribution >= 4 is 34.8 Å². The van der Waals surface area contributed by atoms with Crippen molar-refractivity contribution in [2.75, 3.05) is 11.9 Å². The van der Waals surface area contributed by atoms with Crippen molar-refractivity contribution in [3.63, 3.8) is 0 Å². The Bertz CT molecular complexity index is 1230. The van der Waals surface area contributed by atoms with Crippen molar-refractivity contribution < 1.29 is 33.7 Å². The van der Waals surface area contributed by atoms with E-state index in [0.29, 0.717) is 6.29 Å². The molecule has 0 saturated heterocycles. The number of ether oxygens (including phenoxy) is 1. The van der Waals surface area contributed by atoms with Gasteiger partial charge in [0.2, 0.25) is 5.43 Å². The van der Waals surface area contributed by atoms with Gasteiger partial charge < -0.3 is 24.8 Å². The molecule has 0 spiro atoms. The second-order valence-corrected chi connectivity index (χ2v) is 9.72. The zero-order valence-electron chi connectivity index (χ0n) is 20.3. The topological polar surface area (TPSA) is 135 Å². The third-order valence-electron chi connectivity index (χ3n) is 5.85. The minimum atomic E-state index is -1.40. The highest BCUT2D eigenvalue weighted by Crippen LogP contribution is 2.41. The molecule has 0 amide bonds. The largest absolute Gasteiger partial charge is 0.477 e. The van der Waals surface area contributed by atoms with Crippen LogP contribution in [-0.2, 0) is 16.0 Å². The molecule has 1 fully saturated rings. The van der Waals surface area contributed by atoms with Crippen LogP contribution in [0.25, 0.3) is 10.9 Å². The molecule has 0 aliphatic heterocycles. The molecule has 1 aromatic carbocycles. The average Bonchev–Trinajstić information content (AvgIpc) is 3.60. The Morgan fingerprint density at radius 2 is 2.00 bits per heavy atom. The van der Waals surface area contributed by atoms with Gasteiger partial charge in [0, 0.05) is 24.2 Å². The van der Waals surface area contributed by atoms with Crippen LogP contribution >= 0.6 is 0 Å². The van der Waals surface area contributed by atoms with E-state index in [1.165, 1.54) is 0 Å². The van der Waals surface area contributed by atoms with Crippen LogP contribution in [0.2, 0.25) is 0 Å². The number of carboxylic acids is 1. The molecule has 3 N–H and O–H groups in total. The number of aromatic carboxylic acids is 1. The van der Waals surface area contributed by atoms with Crippen LogP contribution in [0.1, 0.15) is 85.8 Å². The summed E-state index contributed by atoms with van der Waals surface area (Å²) in [6, 6.07) is 0.0437. The van der Waals surface area contributed by atoms with Crippen LogP contribution < -0.4 is 10.7 Å². The number of rotatable bonds is 10. The molecule has 2 aromatic rings. The number of carbonyl (C=O) groups is 3. The molecule has 1 aliphatic carbocycles. The maximum atomic E-state index is 15.2. The Kier molecular flexibility index (Phi) is 7.64. The number of anilines is 1. The number of aromatic nitrogens is 1. The number of hydrogen-bond acceptors (Lipinski definition) is 7. The van der Waals surface area contributed by atoms with Crippen LogP contribution in [-0.4, -0.2) is 51.3 Å². The van der Waals surface area contributed by atoms with Crippen molar-refractivity contribution in [3.05, 3.63) is 38.9 Å². The first kappa shape index (κ1) is 26.3. The second-order valence-electron chi connectivity index (χ2n) is 9.72. The zero-order valence-corrected chi connectivity index (χ0v) is 20.3. The summed E-state index contributed by atoms with van der Waals surface area (Å²) >= 11 is 0. The molecule has 0 radical (unpaired) electrons. The molecule has 190 valence electrons. The lowest BCUT2D eigenvalue weighted by molar-refractivity contribution is -0.155. The summed E-state index contributed by atoms with van der Waals surface area (Å²) < 4.78 is 22.2. The van der Waals surface area contributed by atoms with E-state index in [1.807, 2.05) is 0 Å². The second kappa shape index (κ2) is 10.2. The normalized spacial score (nSPS) is 14.6. The van der Waals surface area contributed by atoms with Gasteiger partial charge in [0.25, 0.3) is 0 Å². The van der Waals surface area contributed by atoms with Gasteiger partial charge in [0.05, 0.1) is 28.8 Å². The number of fused-ring (bicyclic) bond motifs is 1. The summed E-state index contributed by atoms with van der Waals surface area (Å²) in [5.41, 5.74) is -1.84. The summed E-state index contributed by atoms with van der Waals surface area (Å²) in [6.45, 7) is 6.45. The third-order valence-corrected chi connectivity index (χ3v) is 5.85. The molecule has 0 bridgehead atoms. The highest BCUT2D eigenvalue weighted by atomic mass is 19.1. The number of aliphatic hydroxyl groups excluding tert-OH is 1.